The van der Waals surface area contributed by atoms with Crippen molar-refractivity contribution in [2.75, 3.05) is 25.6 Å². The van der Waals surface area contributed by atoms with Crippen LogP contribution in [-0.4, -0.2) is 36.4 Å². The lowest BCUT2D eigenvalue weighted by atomic mass is 10.2. The lowest BCUT2D eigenvalue weighted by molar-refractivity contribution is 0.0905. The van der Waals surface area contributed by atoms with E-state index in [2.05, 4.69) is 10.2 Å². The van der Waals surface area contributed by atoms with E-state index in [-0.39, 0.29) is 6.10 Å². The fourth-order valence-electron chi connectivity index (χ4n) is 2.94. The Morgan fingerprint density at radius 1 is 1.23 bits per heavy atom. The first-order chi connectivity index (χ1) is 12.6. The van der Waals surface area contributed by atoms with Gasteiger partial charge in [0.1, 0.15) is 5.75 Å². The molecule has 1 N–H and O–H groups in total. The predicted octanol–water partition coefficient (Wildman–Crippen LogP) is 4.73. The lowest BCUT2D eigenvalue weighted by Crippen LogP contribution is -2.39. The van der Waals surface area contributed by atoms with Gasteiger partial charge in [0, 0.05) is 30.4 Å². The highest BCUT2D eigenvalue weighted by atomic mass is 35.5. The van der Waals surface area contributed by atoms with Crippen LogP contribution >= 0.6 is 23.8 Å². The van der Waals surface area contributed by atoms with E-state index >= 15 is 0 Å². The number of halogens is 1. The topological polar surface area (TPSA) is 33.7 Å². The fourth-order valence-corrected chi connectivity index (χ4v) is 3.32. The van der Waals surface area contributed by atoms with Crippen molar-refractivity contribution in [2.45, 2.75) is 25.5 Å². The highest BCUT2D eigenvalue weighted by Gasteiger charge is 2.21. The number of ether oxygens (including phenoxy) is 2. The summed E-state index contributed by atoms with van der Waals surface area (Å²) in [4.78, 5) is 2.15. The Labute approximate surface area is 165 Å². The molecule has 0 saturated carbocycles. The number of methoxy groups -OCH3 is 1. The van der Waals surface area contributed by atoms with Gasteiger partial charge < -0.3 is 19.7 Å². The first-order valence-electron chi connectivity index (χ1n) is 8.70. The quantitative estimate of drug-likeness (QED) is 0.721. The molecular formula is C20H23ClN2O2S. The third kappa shape index (κ3) is 5.34. The molecule has 1 saturated heterocycles. The van der Waals surface area contributed by atoms with Crippen molar-refractivity contribution >= 4 is 34.6 Å². The molecule has 0 spiro atoms. The van der Waals surface area contributed by atoms with Crippen LogP contribution in [0, 0.1) is 0 Å². The molecule has 0 amide bonds. The van der Waals surface area contributed by atoms with Crippen LogP contribution in [0.3, 0.4) is 0 Å². The van der Waals surface area contributed by atoms with Crippen LogP contribution in [0.4, 0.5) is 5.69 Å². The molecule has 26 heavy (non-hydrogen) atoms. The number of rotatable bonds is 6. The van der Waals surface area contributed by atoms with Gasteiger partial charge in [0.25, 0.3) is 0 Å². The predicted molar refractivity (Wildman–Crippen MR) is 110 cm³/mol. The molecule has 1 aliphatic heterocycles. The smallest absolute Gasteiger partial charge is 0.173 e. The van der Waals surface area contributed by atoms with Gasteiger partial charge in [-0.25, -0.2) is 0 Å². The second kappa shape index (κ2) is 9.21. The maximum Gasteiger partial charge on any atom is 0.173 e. The molecule has 138 valence electrons. The van der Waals surface area contributed by atoms with E-state index in [1.807, 2.05) is 48.5 Å². The molecule has 4 nitrogen and oxygen atoms in total. The zero-order chi connectivity index (χ0) is 18.4. The molecule has 3 rings (SSSR count). The Morgan fingerprint density at radius 3 is 2.58 bits per heavy atom. The minimum absolute atomic E-state index is 0.220. The third-order valence-corrected chi connectivity index (χ3v) is 4.98. The second-order valence-corrected chi connectivity index (χ2v) is 7.12. The maximum atomic E-state index is 6.00. The largest absolute Gasteiger partial charge is 0.497 e. The number of benzene rings is 2. The molecule has 1 aliphatic rings. The summed E-state index contributed by atoms with van der Waals surface area (Å²) in [6.45, 7) is 2.31. The summed E-state index contributed by atoms with van der Waals surface area (Å²) in [6.07, 6.45) is 2.40. The molecule has 1 unspecified atom stereocenters. The van der Waals surface area contributed by atoms with Crippen LogP contribution in [0.5, 0.6) is 5.75 Å². The summed E-state index contributed by atoms with van der Waals surface area (Å²) < 4.78 is 11.0. The van der Waals surface area contributed by atoms with E-state index in [0.29, 0.717) is 11.7 Å². The Kier molecular flexibility index (Phi) is 6.72. The van der Waals surface area contributed by atoms with Crippen LogP contribution in [0.15, 0.2) is 48.5 Å². The van der Waals surface area contributed by atoms with Gasteiger partial charge in [-0.15, -0.1) is 0 Å². The van der Waals surface area contributed by atoms with E-state index in [0.717, 1.165) is 48.0 Å². The molecule has 0 radical (unpaired) electrons. The monoisotopic (exact) mass is 390 g/mol. The van der Waals surface area contributed by atoms with Crippen LogP contribution in [0.2, 0.25) is 5.02 Å². The molecule has 6 heteroatoms. The molecule has 1 heterocycles. The number of nitrogens with zero attached hydrogens (tertiary/aromatic N) is 1. The van der Waals surface area contributed by atoms with E-state index in [1.165, 1.54) is 0 Å². The third-order valence-electron chi connectivity index (χ3n) is 4.36. The molecule has 0 bridgehead atoms. The zero-order valence-corrected chi connectivity index (χ0v) is 16.4. The maximum absolute atomic E-state index is 6.00. The number of anilines is 1. The minimum atomic E-state index is 0.220. The lowest BCUT2D eigenvalue weighted by Gasteiger charge is -2.28. The number of nitrogens with one attached hydrogen (secondary N) is 1. The Morgan fingerprint density at radius 2 is 1.96 bits per heavy atom. The average molecular weight is 391 g/mol. The Hall–Kier alpha value is -1.82. The molecule has 1 atom stereocenters. The Balaban J connectivity index is 1.69. The van der Waals surface area contributed by atoms with Crippen molar-refractivity contribution in [3.63, 3.8) is 0 Å². The highest BCUT2D eigenvalue weighted by molar-refractivity contribution is 7.80. The fraction of sp³-hybridized carbons (Fsp3) is 0.350. The van der Waals surface area contributed by atoms with Crippen molar-refractivity contribution in [3.05, 3.63) is 59.1 Å². The van der Waals surface area contributed by atoms with Crippen molar-refractivity contribution in [1.29, 1.82) is 0 Å². The van der Waals surface area contributed by atoms with Gasteiger partial charge in [0.05, 0.1) is 13.2 Å². The summed E-state index contributed by atoms with van der Waals surface area (Å²) in [6, 6.07) is 15.6. The summed E-state index contributed by atoms with van der Waals surface area (Å²) >= 11 is 11.7. The van der Waals surface area contributed by atoms with Crippen LogP contribution in [0.1, 0.15) is 18.4 Å². The highest BCUT2D eigenvalue weighted by Crippen LogP contribution is 2.19. The van der Waals surface area contributed by atoms with Gasteiger partial charge in [-0.3, -0.25) is 0 Å². The van der Waals surface area contributed by atoms with E-state index < -0.39 is 0 Å². The average Bonchev–Trinajstić information content (AvgIpc) is 3.17. The van der Waals surface area contributed by atoms with E-state index in [4.69, 9.17) is 33.3 Å². The van der Waals surface area contributed by atoms with Gasteiger partial charge in [0.2, 0.25) is 0 Å². The van der Waals surface area contributed by atoms with Gasteiger partial charge >= 0.3 is 0 Å². The standard InChI is InChI=1S/C20H23ClN2O2S/c1-24-18-10-8-17(9-11-18)22-20(26)23(14-19-3-2-12-25-19)13-15-4-6-16(21)7-5-15/h4-11,19H,2-3,12-14H2,1H3,(H,22,26). The summed E-state index contributed by atoms with van der Waals surface area (Å²) in [5.41, 5.74) is 2.09. The molecule has 0 aliphatic carbocycles. The van der Waals surface area contributed by atoms with Gasteiger partial charge in [-0.1, -0.05) is 23.7 Å². The second-order valence-electron chi connectivity index (χ2n) is 6.30. The summed E-state index contributed by atoms with van der Waals surface area (Å²) in [7, 11) is 1.66. The number of hydrogen-bond acceptors (Lipinski definition) is 3. The molecule has 2 aromatic carbocycles. The van der Waals surface area contributed by atoms with Gasteiger partial charge in [-0.05, 0) is 67.0 Å². The van der Waals surface area contributed by atoms with Crippen LogP contribution in [0.25, 0.3) is 0 Å². The van der Waals surface area contributed by atoms with Gasteiger partial charge in [-0.2, -0.15) is 0 Å². The van der Waals surface area contributed by atoms with Crippen LogP contribution < -0.4 is 10.1 Å². The first-order valence-corrected chi connectivity index (χ1v) is 9.48. The molecular weight excluding hydrogens is 368 g/mol. The zero-order valence-electron chi connectivity index (χ0n) is 14.8. The minimum Gasteiger partial charge on any atom is -0.497 e. The van der Waals surface area contributed by atoms with Crippen LogP contribution in [-0.2, 0) is 11.3 Å². The van der Waals surface area contributed by atoms with Crippen molar-refractivity contribution in [3.8, 4) is 5.75 Å². The Bertz CT molecular complexity index is 716. The molecule has 0 aromatic heterocycles. The summed E-state index contributed by atoms with van der Waals surface area (Å²) in [5, 5.41) is 4.73. The van der Waals surface area contributed by atoms with E-state index in [1.54, 1.807) is 7.11 Å². The summed E-state index contributed by atoms with van der Waals surface area (Å²) in [5.74, 6) is 0.818. The van der Waals surface area contributed by atoms with Crippen molar-refractivity contribution < 1.29 is 9.47 Å². The first kappa shape index (κ1) is 19.0. The van der Waals surface area contributed by atoms with Crippen molar-refractivity contribution in [1.82, 2.24) is 4.90 Å². The van der Waals surface area contributed by atoms with E-state index in [9.17, 15) is 0 Å². The molecule has 1 fully saturated rings. The molecule has 2 aromatic rings. The normalized spacial score (nSPS) is 16.3. The number of thiocarbonyl (C=S) groups is 1. The van der Waals surface area contributed by atoms with Crippen molar-refractivity contribution in [2.24, 2.45) is 0 Å². The number of hydrogen-bond donors (Lipinski definition) is 1. The SMILES string of the molecule is COc1ccc(NC(=S)N(Cc2ccc(Cl)cc2)CC2CCCO2)cc1. The van der Waals surface area contributed by atoms with Gasteiger partial charge in [0.15, 0.2) is 5.11 Å².